The molecule has 0 aliphatic rings. The first kappa shape index (κ1) is 32.6. The minimum Gasteiger partial charge on any atom is -0.317 e. The molecule has 0 heterocycles. The molecule has 0 aliphatic heterocycles. The fourth-order valence-corrected chi connectivity index (χ4v) is 5.40. The van der Waals surface area contributed by atoms with E-state index in [1.807, 2.05) is 12.2 Å². The van der Waals surface area contributed by atoms with Crippen LogP contribution in [-0.4, -0.2) is 0 Å². The third kappa shape index (κ3) is 9.35. The van der Waals surface area contributed by atoms with Crippen molar-refractivity contribution in [1.82, 2.24) is 0 Å². The summed E-state index contributed by atoms with van der Waals surface area (Å²) in [5.74, 6) is 0. The molecule has 0 saturated carbocycles. The highest BCUT2D eigenvalue weighted by Gasteiger charge is 2.14. The van der Waals surface area contributed by atoms with E-state index in [0.29, 0.717) is 0 Å². The van der Waals surface area contributed by atoms with Gasteiger partial charge in [-0.3, -0.25) is 0 Å². The van der Waals surface area contributed by atoms with E-state index in [9.17, 15) is 0 Å². The second-order valence-corrected chi connectivity index (χ2v) is 11.5. The van der Waals surface area contributed by atoms with Gasteiger partial charge in [-0.1, -0.05) is 101 Å². The Morgan fingerprint density at radius 1 is 0.455 bits per heavy atom. The SMILES string of the molecule is C=C/C=C\C=C\N(c1ccc(CCCC)cc1)c1ccc(N(c2ccc(CCCC)cc2)c2ccc(CCCC)cc2)cc1. The quantitative estimate of drug-likeness (QED) is 0.114. The summed E-state index contributed by atoms with van der Waals surface area (Å²) >= 11 is 0. The molecule has 0 atom stereocenters. The van der Waals surface area contributed by atoms with Crippen LogP contribution >= 0.6 is 0 Å². The van der Waals surface area contributed by atoms with E-state index in [2.05, 4.69) is 146 Å². The molecule has 2 nitrogen and oxygen atoms in total. The molecule has 228 valence electrons. The number of aryl methyl sites for hydroxylation is 3. The van der Waals surface area contributed by atoms with Crippen LogP contribution in [0, 0.1) is 0 Å². The Balaban J connectivity index is 1.68. The molecule has 0 saturated heterocycles. The molecule has 4 aromatic rings. The first-order valence-corrected chi connectivity index (χ1v) is 16.6. The maximum absolute atomic E-state index is 3.80. The zero-order valence-corrected chi connectivity index (χ0v) is 27.1. The molecular weight excluding hydrogens is 532 g/mol. The molecular formula is C42H50N2. The maximum Gasteiger partial charge on any atom is 0.0463 e. The number of anilines is 5. The van der Waals surface area contributed by atoms with Crippen LogP contribution in [0.2, 0.25) is 0 Å². The average molecular weight is 583 g/mol. The summed E-state index contributed by atoms with van der Waals surface area (Å²) in [6.07, 6.45) is 20.6. The van der Waals surface area contributed by atoms with Crippen molar-refractivity contribution in [3.05, 3.63) is 151 Å². The number of benzene rings is 4. The number of nitrogens with zero attached hydrogens (tertiary/aromatic N) is 2. The lowest BCUT2D eigenvalue weighted by Crippen LogP contribution is -2.11. The first-order valence-electron chi connectivity index (χ1n) is 16.6. The van der Waals surface area contributed by atoms with Gasteiger partial charge in [0.1, 0.15) is 0 Å². The summed E-state index contributed by atoms with van der Waals surface area (Å²) in [5, 5.41) is 0. The maximum atomic E-state index is 3.80. The summed E-state index contributed by atoms with van der Waals surface area (Å²) in [6, 6.07) is 36.1. The van der Waals surface area contributed by atoms with Gasteiger partial charge in [0.05, 0.1) is 0 Å². The van der Waals surface area contributed by atoms with Crippen molar-refractivity contribution in [2.75, 3.05) is 9.80 Å². The normalized spacial score (nSPS) is 11.3. The molecule has 2 heteroatoms. The van der Waals surface area contributed by atoms with Crippen LogP contribution in [0.5, 0.6) is 0 Å². The molecule has 0 fully saturated rings. The van der Waals surface area contributed by atoms with Crippen molar-refractivity contribution < 1.29 is 0 Å². The van der Waals surface area contributed by atoms with Crippen LogP contribution in [-0.2, 0) is 19.3 Å². The van der Waals surface area contributed by atoms with Gasteiger partial charge in [-0.25, -0.2) is 0 Å². The van der Waals surface area contributed by atoms with Crippen molar-refractivity contribution in [2.45, 2.75) is 78.6 Å². The molecule has 0 spiro atoms. The van der Waals surface area contributed by atoms with Crippen molar-refractivity contribution in [2.24, 2.45) is 0 Å². The fraction of sp³-hybridized carbons (Fsp3) is 0.286. The lowest BCUT2D eigenvalue weighted by Gasteiger charge is -2.27. The van der Waals surface area contributed by atoms with Gasteiger partial charge in [0.2, 0.25) is 0 Å². The average Bonchev–Trinajstić information content (AvgIpc) is 3.07. The van der Waals surface area contributed by atoms with Crippen LogP contribution in [0.4, 0.5) is 28.4 Å². The zero-order valence-electron chi connectivity index (χ0n) is 27.1. The molecule has 0 bridgehead atoms. The second kappa shape index (κ2) is 17.7. The highest BCUT2D eigenvalue weighted by molar-refractivity contribution is 5.78. The Morgan fingerprint density at radius 3 is 1.16 bits per heavy atom. The van der Waals surface area contributed by atoms with Gasteiger partial charge in [-0.2, -0.15) is 0 Å². The highest BCUT2D eigenvalue weighted by Crippen LogP contribution is 2.37. The van der Waals surface area contributed by atoms with Gasteiger partial charge in [0.25, 0.3) is 0 Å². The van der Waals surface area contributed by atoms with Crippen molar-refractivity contribution in [3.8, 4) is 0 Å². The van der Waals surface area contributed by atoms with Gasteiger partial charge in [-0.05, 0) is 122 Å². The minimum atomic E-state index is 1.11. The first-order chi connectivity index (χ1) is 21.7. The zero-order chi connectivity index (χ0) is 31.0. The Hall–Kier alpha value is -4.30. The van der Waals surface area contributed by atoms with Crippen molar-refractivity contribution >= 4 is 28.4 Å². The summed E-state index contributed by atoms with van der Waals surface area (Å²) in [7, 11) is 0. The summed E-state index contributed by atoms with van der Waals surface area (Å²) in [6.45, 7) is 10.5. The van der Waals surface area contributed by atoms with Gasteiger partial charge in [-0.15, -0.1) is 0 Å². The van der Waals surface area contributed by atoms with Gasteiger partial charge >= 0.3 is 0 Å². The Bertz CT molecular complexity index is 1390. The standard InChI is InChI=1S/C42H50N2/c1-5-9-13-14-34-43(38-24-18-35(19-25-38)15-10-6-2)39-30-32-42(33-31-39)44(40-26-20-36(21-27-40)16-11-7-3)41-28-22-37(23-29-41)17-12-8-4/h5,9,13-14,18-34H,1,6-8,10-12,15-17H2,2-4H3/b13-9-,34-14+. The predicted octanol–water partition coefficient (Wildman–Crippen LogP) is 12.6. The number of allylic oxidation sites excluding steroid dienone is 4. The third-order valence-corrected chi connectivity index (χ3v) is 8.04. The molecule has 4 rings (SSSR count). The summed E-state index contributed by atoms with van der Waals surface area (Å²) < 4.78 is 0. The van der Waals surface area contributed by atoms with E-state index in [1.165, 1.54) is 66.6 Å². The van der Waals surface area contributed by atoms with Crippen LogP contribution in [0.1, 0.15) is 76.0 Å². The van der Waals surface area contributed by atoms with E-state index in [0.717, 1.165) is 36.3 Å². The largest absolute Gasteiger partial charge is 0.317 e. The van der Waals surface area contributed by atoms with Crippen LogP contribution in [0.3, 0.4) is 0 Å². The van der Waals surface area contributed by atoms with Gasteiger partial charge in [0.15, 0.2) is 0 Å². The molecule has 44 heavy (non-hydrogen) atoms. The Morgan fingerprint density at radius 2 is 0.795 bits per heavy atom. The molecule has 0 N–H and O–H groups in total. The van der Waals surface area contributed by atoms with Crippen LogP contribution < -0.4 is 9.80 Å². The molecule has 0 unspecified atom stereocenters. The number of rotatable bonds is 17. The third-order valence-electron chi connectivity index (χ3n) is 8.04. The van der Waals surface area contributed by atoms with E-state index < -0.39 is 0 Å². The summed E-state index contributed by atoms with van der Waals surface area (Å²) in [5.41, 5.74) is 9.93. The van der Waals surface area contributed by atoms with Crippen LogP contribution in [0.15, 0.2) is 134 Å². The highest BCUT2D eigenvalue weighted by atomic mass is 15.1. The predicted molar refractivity (Wildman–Crippen MR) is 194 cm³/mol. The Labute approximate surface area is 267 Å². The van der Waals surface area contributed by atoms with Gasteiger partial charge < -0.3 is 9.80 Å². The number of hydrogen-bond acceptors (Lipinski definition) is 2. The molecule has 0 aromatic heterocycles. The van der Waals surface area contributed by atoms with E-state index in [4.69, 9.17) is 0 Å². The molecule has 4 aromatic carbocycles. The van der Waals surface area contributed by atoms with E-state index >= 15 is 0 Å². The fourth-order valence-electron chi connectivity index (χ4n) is 5.40. The van der Waals surface area contributed by atoms with Crippen molar-refractivity contribution in [3.63, 3.8) is 0 Å². The lowest BCUT2D eigenvalue weighted by atomic mass is 10.1. The summed E-state index contributed by atoms with van der Waals surface area (Å²) in [4.78, 5) is 4.61. The molecule has 0 radical (unpaired) electrons. The minimum absolute atomic E-state index is 1.11. The van der Waals surface area contributed by atoms with E-state index in [1.54, 1.807) is 6.08 Å². The van der Waals surface area contributed by atoms with Gasteiger partial charge in [0, 0.05) is 34.6 Å². The molecule has 0 amide bonds. The van der Waals surface area contributed by atoms with Crippen molar-refractivity contribution in [1.29, 1.82) is 0 Å². The van der Waals surface area contributed by atoms with Crippen LogP contribution in [0.25, 0.3) is 0 Å². The monoisotopic (exact) mass is 582 g/mol. The number of hydrogen-bond donors (Lipinski definition) is 0. The van der Waals surface area contributed by atoms with E-state index in [-0.39, 0.29) is 0 Å². The molecule has 0 aliphatic carbocycles. The second-order valence-electron chi connectivity index (χ2n) is 11.5. The topological polar surface area (TPSA) is 6.48 Å². The Kier molecular flexibility index (Phi) is 13.1. The lowest BCUT2D eigenvalue weighted by molar-refractivity contribution is 0.795. The smallest absolute Gasteiger partial charge is 0.0463 e. The number of unbranched alkanes of at least 4 members (excludes halogenated alkanes) is 3.